The van der Waals surface area contributed by atoms with Crippen LogP contribution < -0.4 is 15.4 Å². The van der Waals surface area contributed by atoms with Crippen LogP contribution in [0.2, 0.25) is 0 Å². The summed E-state index contributed by atoms with van der Waals surface area (Å²) >= 11 is 0. The summed E-state index contributed by atoms with van der Waals surface area (Å²) in [6, 6.07) is 8.23. The van der Waals surface area contributed by atoms with Crippen molar-refractivity contribution in [3.05, 3.63) is 60.2 Å². The van der Waals surface area contributed by atoms with Gasteiger partial charge in [-0.3, -0.25) is 14.6 Å². The van der Waals surface area contributed by atoms with Gasteiger partial charge in [0.25, 0.3) is 5.91 Å². The molecule has 4 rings (SSSR count). The van der Waals surface area contributed by atoms with Crippen molar-refractivity contribution < 1.29 is 28.5 Å². The molecule has 2 fully saturated rings. The summed E-state index contributed by atoms with van der Waals surface area (Å²) in [6.45, 7) is 6.23. The molecule has 10 nitrogen and oxygen atoms in total. The SMILES string of the molecule is CC(C)C[C@H](NC(=O)[C@H](Cc1ccccc1)NC(=O)c1cnccn1)[B-]12OC[C@H](C)[NH+]1[C@@H](C)C(=O)O2. The van der Waals surface area contributed by atoms with Gasteiger partial charge < -0.3 is 24.8 Å². The van der Waals surface area contributed by atoms with Crippen LogP contribution in [0.4, 0.5) is 0 Å². The van der Waals surface area contributed by atoms with Crippen LogP contribution in [0.25, 0.3) is 0 Å². The minimum atomic E-state index is -2.15. The first-order valence-electron chi connectivity index (χ1n) is 12.5. The minimum absolute atomic E-state index is 0.0505. The lowest BCUT2D eigenvalue weighted by atomic mass is 9.59. The van der Waals surface area contributed by atoms with Gasteiger partial charge in [0.2, 0.25) is 5.91 Å². The molecular formula is C25H34BN5O5. The lowest BCUT2D eigenvalue weighted by Gasteiger charge is -2.40. The first-order chi connectivity index (χ1) is 17.2. The second-order valence-electron chi connectivity index (χ2n) is 10.2. The van der Waals surface area contributed by atoms with E-state index < -0.39 is 24.6 Å². The van der Waals surface area contributed by atoms with E-state index >= 15 is 0 Å². The number of carbonyl (C=O) groups is 3. The number of aromatic nitrogens is 2. The summed E-state index contributed by atoms with van der Waals surface area (Å²) in [7, 11) is 0. The van der Waals surface area contributed by atoms with E-state index in [4.69, 9.17) is 9.31 Å². The normalized spacial score (nSPS) is 26.7. The highest BCUT2D eigenvalue weighted by Crippen LogP contribution is 2.24. The number of quaternary nitrogens is 1. The van der Waals surface area contributed by atoms with E-state index in [0.29, 0.717) is 13.0 Å². The molecule has 0 radical (unpaired) electrons. The van der Waals surface area contributed by atoms with E-state index in [9.17, 15) is 14.4 Å². The molecule has 2 unspecified atom stereocenters. The maximum atomic E-state index is 13.7. The zero-order valence-electron chi connectivity index (χ0n) is 21.1. The van der Waals surface area contributed by atoms with Gasteiger partial charge in [0.15, 0.2) is 0 Å². The third kappa shape index (κ3) is 5.27. The molecule has 2 aliphatic rings. The van der Waals surface area contributed by atoms with Crippen molar-refractivity contribution in [2.75, 3.05) is 6.61 Å². The summed E-state index contributed by atoms with van der Waals surface area (Å²) in [6.07, 6.45) is 5.08. The highest BCUT2D eigenvalue weighted by molar-refractivity contribution is 6.64. The molecule has 192 valence electrons. The van der Waals surface area contributed by atoms with Crippen LogP contribution in [-0.2, 0) is 25.3 Å². The fourth-order valence-corrected chi connectivity index (χ4v) is 5.44. The van der Waals surface area contributed by atoms with E-state index in [-0.39, 0.29) is 42.0 Å². The Labute approximate surface area is 211 Å². The second-order valence-corrected chi connectivity index (χ2v) is 10.2. The maximum Gasteiger partial charge on any atom is 0.548 e. The molecule has 0 saturated carbocycles. The van der Waals surface area contributed by atoms with Crippen molar-refractivity contribution in [3.8, 4) is 0 Å². The van der Waals surface area contributed by atoms with Crippen molar-refractivity contribution in [1.82, 2.24) is 20.6 Å². The minimum Gasteiger partial charge on any atom is -0.609 e. The molecule has 36 heavy (non-hydrogen) atoms. The largest absolute Gasteiger partial charge is 0.609 e. The fourth-order valence-electron chi connectivity index (χ4n) is 5.44. The number of amides is 2. The number of benzene rings is 1. The molecule has 2 saturated heterocycles. The highest BCUT2D eigenvalue weighted by Gasteiger charge is 2.65. The number of carbonyl (C=O) groups excluding carboxylic acids is 3. The van der Waals surface area contributed by atoms with Crippen LogP contribution >= 0.6 is 0 Å². The van der Waals surface area contributed by atoms with Gasteiger partial charge in [0, 0.05) is 24.8 Å². The van der Waals surface area contributed by atoms with E-state index in [0.717, 1.165) is 10.4 Å². The molecule has 2 aliphatic heterocycles. The zero-order valence-corrected chi connectivity index (χ0v) is 21.1. The van der Waals surface area contributed by atoms with Crippen LogP contribution in [0.1, 0.15) is 50.2 Å². The lowest BCUT2D eigenvalue weighted by molar-refractivity contribution is -0.831. The molecule has 11 heteroatoms. The number of hydrogen-bond acceptors (Lipinski definition) is 7. The predicted molar refractivity (Wildman–Crippen MR) is 133 cm³/mol. The molecule has 0 bridgehead atoms. The number of rotatable bonds is 9. The van der Waals surface area contributed by atoms with Gasteiger partial charge in [-0.05, 0) is 25.3 Å². The van der Waals surface area contributed by atoms with Crippen molar-refractivity contribution in [2.24, 2.45) is 5.92 Å². The van der Waals surface area contributed by atoms with E-state index in [2.05, 4.69) is 20.6 Å². The average Bonchev–Trinajstić information content (AvgIpc) is 3.33. The Morgan fingerprint density at radius 2 is 1.92 bits per heavy atom. The standard InChI is InChI=1S/C25H34BN5O5/c1-16(2)12-22(26-31(17(3)15-35-26)18(4)25(34)36-26)30-23(32)20(13-19-8-6-5-7-9-19)29-24(33)21-14-27-10-11-28-21/h5-11,14,16-18,20,22,31H,12-13,15H2,1-4H3,(H,29,33)(H,30,32)/t17-,18-,20-,22-,26?/m0/s1. The molecule has 1 aromatic carbocycles. The smallest absolute Gasteiger partial charge is 0.548 e. The molecule has 0 aliphatic carbocycles. The summed E-state index contributed by atoms with van der Waals surface area (Å²) < 4.78 is 12.1. The Kier molecular flexibility index (Phi) is 7.70. The van der Waals surface area contributed by atoms with E-state index in [1.807, 2.05) is 58.0 Å². The highest BCUT2D eigenvalue weighted by atomic mass is 16.7. The van der Waals surface area contributed by atoms with Crippen LogP contribution in [0.5, 0.6) is 0 Å². The Morgan fingerprint density at radius 1 is 1.17 bits per heavy atom. The van der Waals surface area contributed by atoms with Crippen LogP contribution in [0, 0.1) is 5.92 Å². The van der Waals surface area contributed by atoms with Gasteiger partial charge in [-0.2, -0.15) is 0 Å². The molecule has 3 N–H and O–H groups in total. The number of fused-ring (bicyclic) bond motifs is 1. The topological polar surface area (TPSA) is 124 Å². The van der Waals surface area contributed by atoms with Crippen molar-refractivity contribution in [1.29, 1.82) is 0 Å². The summed E-state index contributed by atoms with van der Waals surface area (Å²) in [5.41, 5.74) is 1.01. The summed E-state index contributed by atoms with van der Waals surface area (Å²) in [5, 5.41) is 5.92. The van der Waals surface area contributed by atoms with Gasteiger partial charge in [-0.1, -0.05) is 50.6 Å². The predicted octanol–water partition coefficient (Wildman–Crippen LogP) is 0.0756. The van der Waals surface area contributed by atoms with E-state index in [1.165, 1.54) is 18.6 Å². The van der Waals surface area contributed by atoms with Crippen LogP contribution in [0.15, 0.2) is 48.9 Å². The lowest BCUT2D eigenvalue weighted by Crippen LogP contribution is -3.26. The number of nitrogens with one attached hydrogen (secondary N) is 3. The monoisotopic (exact) mass is 495 g/mol. The van der Waals surface area contributed by atoms with Gasteiger partial charge >= 0.3 is 12.7 Å². The molecular weight excluding hydrogens is 461 g/mol. The Balaban J connectivity index is 1.60. The van der Waals surface area contributed by atoms with Crippen molar-refractivity contribution in [2.45, 2.75) is 64.6 Å². The van der Waals surface area contributed by atoms with Crippen LogP contribution in [0.3, 0.4) is 0 Å². The summed E-state index contributed by atoms with van der Waals surface area (Å²) in [4.78, 5) is 48.1. The Hall–Kier alpha value is -3.31. The average molecular weight is 495 g/mol. The Bertz CT molecular complexity index is 1090. The van der Waals surface area contributed by atoms with Crippen LogP contribution in [-0.4, -0.2) is 65.1 Å². The third-order valence-corrected chi connectivity index (χ3v) is 7.06. The van der Waals surface area contributed by atoms with Gasteiger partial charge in [0.1, 0.15) is 17.8 Å². The first kappa shape index (κ1) is 25.8. The molecule has 1 aromatic heterocycles. The summed E-state index contributed by atoms with van der Waals surface area (Å²) in [5.74, 6) is -1.55. The fraction of sp³-hybridized carbons (Fsp3) is 0.480. The molecule has 3 heterocycles. The van der Waals surface area contributed by atoms with Gasteiger partial charge in [-0.25, -0.2) is 9.78 Å². The number of hydrogen-bond donors (Lipinski definition) is 3. The second kappa shape index (κ2) is 10.8. The van der Waals surface area contributed by atoms with E-state index in [1.54, 1.807) is 0 Å². The van der Waals surface area contributed by atoms with Gasteiger partial charge in [0.05, 0.1) is 18.8 Å². The molecule has 2 aromatic rings. The quantitative estimate of drug-likeness (QED) is 0.421. The molecule has 0 spiro atoms. The maximum absolute atomic E-state index is 13.7. The first-order valence-corrected chi connectivity index (χ1v) is 12.5. The van der Waals surface area contributed by atoms with Gasteiger partial charge in [-0.15, -0.1) is 0 Å². The number of nitrogens with zero attached hydrogens (tertiary/aromatic N) is 2. The Morgan fingerprint density at radius 3 is 2.58 bits per heavy atom. The van der Waals surface area contributed by atoms with Crippen molar-refractivity contribution in [3.63, 3.8) is 0 Å². The zero-order chi connectivity index (χ0) is 25.9. The third-order valence-electron chi connectivity index (χ3n) is 7.06. The van der Waals surface area contributed by atoms with Crippen molar-refractivity contribution >= 4 is 24.5 Å². The molecule has 6 atom stereocenters. The molecule has 2 amide bonds.